The molecule has 0 fully saturated rings. The van der Waals surface area contributed by atoms with E-state index in [1.807, 2.05) is 13.8 Å². The average molecular weight is 124 g/mol. The van der Waals surface area contributed by atoms with Gasteiger partial charge < -0.3 is 0 Å². The fourth-order valence-electron chi connectivity index (χ4n) is 0.521. The number of hydrogen-bond donors (Lipinski definition) is 0. The van der Waals surface area contributed by atoms with Gasteiger partial charge in [-0.15, -0.1) is 0 Å². The number of rotatable bonds is 3. The Morgan fingerprint density at radius 2 is 2.22 bits per heavy atom. The maximum atomic E-state index is 10.6. The minimum Gasteiger partial charge on any atom is -0.295 e. The van der Waals surface area contributed by atoms with Crippen molar-refractivity contribution in [3.05, 3.63) is 19.6 Å². The molecule has 0 aliphatic rings. The molecule has 2 radical (unpaired) electrons. The Morgan fingerprint density at radius 1 is 1.78 bits per heavy atom. The van der Waals surface area contributed by atoms with Gasteiger partial charge in [0.05, 0.1) is 0 Å². The summed E-state index contributed by atoms with van der Waals surface area (Å²) in [5.41, 5.74) is -0.398. The Hall–Kier alpha value is -0.590. The van der Waals surface area contributed by atoms with Crippen LogP contribution in [0.1, 0.15) is 20.3 Å². The first-order chi connectivity index (χ1) is 3.95. The summed E-state index contributed by atoms with van der Waals surface area (Å²) in [4.78, 5) is 10.6. The van der Waals surface area contributed by atoms with Crippen LogP contribution in [0.3, 0.4) is 0 Å². The standard InChI is InChI=1S/C8H12O/c1-5-7(9)6-8(2,3)4/h2,5H,1,6H2,3-4H3. The van der Waals surface area contributed by atoms with Gasteiger partial charge in [0.15, 0.2) is 5.78 Å². The first-order valence-corrected chi connectivity index (χ1v) is 2.90. The second kappa shape index (κ2) is 2.81. The lowest BCUT2D eigenvalue weighted by atomic mass is 9.90. The van der Waals surface area contributed by atoms with E-state index in [1.54, 1.807) is 0 Å². The second-order valence-electron chi connectivity index (χ2n) is 2.84. The summed E-state index contributed by atoms with van der Waals surface area (Å²) < 4.78 is 0. The highest BCUT2D eigenvalue weighted by Gasteiger charge is 2.13. The fourth-order valence-corrected chi connectivity index (χ4v) is 0.521. The zero-order valence-electron chi connectivity index (χ0n) is 5.98. The van der Waals surface area contributed by atoms with Crippen LogP contribution in [0.15, 0.2) is 12.7 Å². The van der Waals surface area contributed by atoms with Gasteiger partial charge in [0.1, 0.15) is 0 Å². The molecule has 50 valence electrons. The van der Waals surface area contributed by atoms with E-state index in [-0.39, 0.29) is 5.78 Å². The minimum atomic E-state index is -0.398. The van der Waals surface area contributed by atoms with Crippen molar-refractivity contribution in [1.82, 2.24) is 0 Å². The monoisotopic (exact) mass is 124 g/mol. The maximum Gasteiger partial charge on any atom is 0.155 e. The topological polar surface area (TPSA) is 17.1 Å². The van der Waals surface area contributed by atoms with Crippen LogP contribution in [-0.2, 0) is 4.79 Å². The molecule has 0 aliphatic heterocycles. The zero-order valence-corrected chi connectivity index (χ0v) is 5.98. The van der Waals surface area contributed by atoms with E-state index >= 15 is 0 Å². The summed E-state index contributed by atoms with van der Waals surface area (Å²) in [6.45, 7) is 12.5. The Morgan fingerprint density at radius 3 is 2.33 bits per heavy atom. The van der Waals surface area contributed by atoms with E-state index in [0.717, 1.165) is 0 Å². The molecular weight excluding hydrogens is 112 g/mol. The molecule has 0 unspecified atom stereocenters. The molecule has 0 aliphatic carbocycles. The number of ketones is 1. The molecule has 0 saturated carbocycles. The highest BCUT2D eigenvalue weighted by atomic mass is 16.1. The fraction of sp³-hybridized carbons (Fsp3) is 0.500. The van der Waals surface area contributed by atoms with Crippen molar-refractivity contribution in [3.8, 4) is 0 Å². The third kappa shape index (κ3) is 5.28. The van der Waals surface area contributed by atoms with Crippen molar-refractivity contribution >= 4 is 5.78 Å². The van der Waals surface area contributed by atoms with Crippen LogP contribution in [0.25, 0.3) is 0 Å². The molecule has 0 spiro atoms. The lowest BCUT2D eigenvalue weighted by molar-refractivity contribution is -0.115. The van der Waals surface area contributed by atoms with Crippen LogP contribution in [-0.4, -0.2) is 5.78 Å². The summed E-state index contributed by atoms with van der Waals surface area (Å²) in [7, 11) is 0. The minimum absolute atomic E-state index is 0.00231. The molecule has 0 heterocycles. The van der Waals surface area contributed by atoms with Crippen molar-refractivity contribution in [2.75, 3.05) is 0 Å². The van der Waals surface area contributed by atoms with Gasteiger partial charge in [-0.05, 0) is 18.4 Å². The Bertz CT molecular complexity index is 117. The third-order valence-electron chi connectivity index (χ3n) is 0.858. The van der Waals surface area contributed by atoms with Crippen LogP contribution >= 0.6 is 0 Å². The molecule has 0 aromatic heterocycles. The van der Waals surface area contributed by atoms with Gasteiger partial charge in [0.2, 0.25) is 0 Å². The highest BCUT2D eigenvalue weighted by Crippen LogP contribution is 2.17. The van der Waals surface area contributed by atoms with Crippen LogP contribution < -0.4 is 0 Å². The lowest BCUT2D eigenvalue weighted by Gasteiger charge is -2.14. The SMILES string of the molecule is [CH]C(C)(C)CC(=O)C=C. The molecule has 0 bridgehead atoms. The van der Waals surface area contributed by atoms with E-state index < -0.39 is 5.41 Å². The van der Waals surface area contributed by atoms with Gasteiger partial charge in [0, 0.05) is 6.42 Å². The van der Waals surface area contributed by atoms with E-state index in [1.165, 1.54) is 6.08 Å². The number of hydrogen-bond acceptors (Lipinski definition) is 1. The molecule has 0 aromatic carbocycles. The summed E-state index contributed by atoms with van der Waals surface area (Å²) in [6.07, 6.45) is 1.67. The molecule has 0 amide bonds. The number of carbonyl (C=O) groups excluding carboxylic acids is 1. The van der Waals surface area contributed by atoms with E-state index in [2.05, 4.69) is 6.58 Å². The van der Waals surface area contributed by atoms with Gasteiger partial charge in [-0.1, -0.05) is 20.4 Å². The molecule has 0 aromatic rings. The van der Waals surface area contributed by atoms with Crippen molar-refractivity contribution in [1.29, 1.82) is 0 Å². The van der Waals surface area contributed by atoms with E-state index in [9.17, 15) is 4.79 Å². The third-order valence-corrected chi connectivity index (χ3v) is 0.858. The quantitative estimate of drug-likeness (QED) is 0.525. The normalized spacial score (nSPS) is 11.0. The van der Waals surface area contributed by atoms with Crippen molar-refractivity contribution in [2.45, 2.75) is 20.3 Å². The van der Waals surface area contributed by atoms with Crippen LogP contribution in [0.2, 0.25) is 0 Å². The number of carbonyl (C=O) groups is 1. The molecule has 1 heteroatoms. The van der Waals surface area contributed by atoms with Crippen LogP contribution in [0.5, 0.6) is 0 Å². The largest absolute Gasteiger partial charge is 0.295 e. The number of allylic oxidation sites excluding steroid dienone is 1. The van der Waals surface area contributed by atoms with Crippen LogP contribution in [0.4, 0.5) is 0 Å². The van der Waals surface area contributed by atoms with Crippen molar-refractivity contribution in [2.24, 2.45) is 5.41 Å². The lowest BCUT2D eigenvalue weighted by Crippen LogP contribution is -2.10. The van der Waals surface area contributed by atoms with E-state index in [4.69, 9.17) is 6.92 Å². The highest BCUT2D eigenvalue weighted by molar-refractivity contribution is 5.89. The predicted molar refractivity (Wildman–Crippen MR) is 37.9 cm³/mol. The van der Waals surface area contributed by atoms with Gasteiger partial charge in [0.25, 0.3) is 0 Å². The smallest absolute Gasteiger partial charge is 0.155 e. The zero-order chi connectivity index (χ0) is 7.49. The molecule has 0 N–H and O–H groups in total. The predicted octanol–water partition coefficient (Wildman–Crippen LogP) is 1.87. The van der Waals surface area contributed by atoms with Crippen molar-refractivity contribution in [3.63, 3.8) is 0 Å². The van der Waals surface area contributed by atoms with Gasteiger partial charge in [-0.25, -0.2) is 0 Å². The van der Waals surface area contributed by atoms with Gasteiger partial charge in [-0.3, -0.25) is 4.79 Å². The molecular formula is C8H12O. The summed E-state index contributed by atoms with van der Waals surface area (Å²) in [5, 5.41) is 0. The Kier molecular flexibility index (Phi) is 2.63. The molecule has 1 nitrogen and oxygen atoms in total. The average Bonchev–Trinajstić information content (AvgIpc) is 1.62. The Balaban J connectivity index is 3.74. The maximum absolute atomic E-state index is 10.6. The van der Waals surface area contributed by atoms with Crippen molar-refractivity contribution < 1.29 is 4.79 Å². The molecule has 0 rings (SSSR count). The summed E-state index contributed by atoms with van der Waals surface area (Å²) in [6, 6.07) is 0. The van der Waals surface area contributed by atoms with Gasteiger partial charge in [-0.2, -0.15) is 0 Å². The molecule has 9 heavy (non-hydrogen) atoms. The van der Waals surface area contributed by atoms with Gasteiger partial charge >= 0.3 is 0 Å². The summed E-state index contributed by atoms with van der Waals surface area (Å²) >= 11 is 0. The first-order valence-electron chi connectivity index (χ1n) is 2.90. The molecule has 0 saturated heterocycles. The second-order valence-corrected chi connectivity index (χ2v) is 2.84. The first kappa shape index (κ1) is 8.41. The summed E-state index contributed by atoms with van der Waals surface area (Å²) in [5.74, 6) is 0.00231. The van der Waals surface area contributed by atoms with E-state index in [0.29, 0.717) is 6.42 Å². The van der Waals surface area contributed by atoms with Crippen LogP contribution in [0, 0.1) is 12.3 Å². The molecule has 0 atom stereocenters. The Labute approximate surface area is 56.8 Å².